The molecular formula is C14H23NO2. The van der Waals surface area contributed by atoms with Crippen LogP contribution in [0.3, 0.4) is 0 Å². The fourth-order valence-electron chi connectivity index (χ4n) is 1.93. The van der Waals surface area contributed by atoms with Gasteiger partial charge in [0, 0.05) is 14.2 Å². The van der Waals surface area contributed by atoms with E-state index in [4.69, 9.17) is 9.47 Å². The molecule has 1 N–H and O–H groups in total. The summed E-state index contributed by atoms with van der Waals surface area (Å²) in [6, 6.07) is 8.75. The Kier molecular flexibility index (Phi) is 6.19. The summed E-state index contributed by atoms with van der Waals surface area (Å²) in [5, 5.41) is 3.40. The van der Waals surface area contributed by atoms with Crippen molar-refractivity contribution in [3.8, 4) is 0 Å². The van der Waals surface area contributed by atoms with Gasteiger partial charge in [0.15, 0.2) is 6.29 Å². The van der Waals surface area contributed by atoms with Gasteiger partial charge in [-0.25, -0.2) is 0 Å². The van der Waals surface area contributed by atoms with Crippen molar-refractivity contribution in [1.82, 2.24) is 5.32 Å². The van der Waals surface area contributed by atoms with Crippen LogP contribution >= 0.6 is 0 Å². The van der Waals surface area contributed by atoms with E-state index in [9.17, 15) is 0 Å². The first-order valence-electron chi connectivity index (χ1n) is 6.05. The van der Waals surface area contributed by atoms with Crippen LogP contribution in [-0.4, -0.2) is 33.1 Å². The lowest BCUT2D eigenvalue weighted by Gasteiger charge is -2.25. The first-order chi connectivity index (χ1) is 8.21. The van der Waals surface area contributed by atoms with Crippen molar-refractivity contribution >= 4 is 0 Å². The van der Waals surface area contributed by atoms with E-state index in [0.717, 1.165) is 13.0 Å². The molecule has 1 aromatic carbocycles. The van der Waals surface area contributed by atoms with Crippen LogP contribution in [0.4, 0.5) is 0 Å². The molecule has 17 heavy (non-hydrogen) atoms. The molecule has 0 amide bonds. The summed E-state index contributed by atoms with van der Waals surface area (Å²) in [4.78, 5) is 0. The third-order valence-corrected chi connectivity index (χ3v) is 2.84. The maximum atomic E-state index is 5.33. The zero-order valence-corrected chi connectivity index (χ0v) is 11.2. The predicted molar refractivity (Wildman–Crippen MR) is 70.2 cm³/mol. The van der Waals surface area contributed by atoms with E-state index in [2.05, 4.69) is 43.4 Å². The van der Waals surface area contributed by atoms with E-state index in [-0.39, 0.29) is 12.3 Å². The summed E-state index contributed by atoms with van der Waals surface area (Å²) in [5.74, 6) is 0. The predicted octanol–water partition coefficient (Wildman–Crippen LogP) is 2.13. The molecule has 0 aliphatic carbocycles. The quantitative estimate of drug-likeness (QED) is 0.737. The molecule has 96 valence electrons. The Balaban J connectivity index is 2.68. The van der Waals surface area contributed by atoms with Gasteiger partial charge in [0.2, 0.25) is 0 Å². The molecule has 3 nitrogen and oxygen atoms in total. The minimum atomic E-state index is -0.212. The van der Waals surface area contributed by atoms with Crippen molar-refractivity contribution in [2.45, 2.75) is 32.6 Å². The van der Waals surface area contributed by atoms with E-state index in [1.807, 2.05) is 0 Å². The molecule has 3 heteroatoms. The number of ether oxygens (including phenoxy) is 2. The maximum Gasteiger partial charge on any atom is 0.172 e. The van der Waals surface area contributed by atoms with Gasteiger partial charge in [-0.15, -0.1) is 0 Å². The van der Waals surface area contributed by atoms with E-state index < -0.39 is 0 Å². The third-order valence-electron chi connectivity index (χ3n) is 2.84. The lowest BCUT2D eigenvalue weighted by molar-refractivity contribution is -0.122. The molecule has 0 fully saturated rings. The van der Waals surface area contributed by atoms with Gasteiger partial charge in [-0.3, -0.25) is 0 Å². The van der Waals surface area contributed by atoms with Crippen molar-refractivity contribution in [3.63, 3.8) is 0 Å². The van der Waals surface area contributed by atoms with E-state index in [1.54, 1.807) is 14.2 Å². The highest BCUT2D eigenvalue weighted by molar-refractivity contribution is 5.22. The second-order valence-electron chi connectivity index (χ2n) is 4.19. The highest BCUT2D eigenvalue weighted by Crippen LogP contribution is 2.10. The molecule has 0 aliphatic rings. The normalized spacial score (nSPS) is 13.0. The molecular weight excluding hydrogens is 214 g/mol. The molecule has 0 saturated heterocycles. The van der Waals surface area contributed by atoms with Crippen LogP contribution in [0.2, 0.25) is 0 Å². The number of aryl methyl sites for hydroxylation is 1. The Hall–Kier alpha value is -0.900. The minimum Gasteiger partial charge on any atom is -0.354 e. The van der Waals surface area contributed by atoms with Crippen LogP contribution in [-0.2, 0) is 15.9 Å². The van der Waals surface area contributed by atoms with Crippen molar-refractivity contribution in [3.05, 3.63) is 35.4 Å². The van der Waals surface area contributed by atoms with E-state index >= 15 is 0 Å². The van der Waals surface area contributed by atoms with Crippen LogP contribution in [0, 0.1) is 6.92 Å². The molecule has 0 saturated carbocycles. The number of methoxy groups -OCH3 is 2. The molecule has 0 aliphatic heterocycles. The molecule has 0 heterocycles. The number of hydrogen-bond acceptors (Lipinski definition) is 3. The van der Waals surface area contributed by atoms with Crippen molar-refractivity contribution in [1.29, 1.82) is 0 Å². The van der Waals surface area contributed by atoms with Crippen LogP contribution in [0.1, 0.15) is 18.1 Å². The number of likely N-dealkylation sites (N-methyl/N-ethyl adjacent to an activating group) is 1. The lowest BCUT2D eigenvalue weighted by Crippen LogP contribution is -2.43. The largest absolute Gasteiger partial charge is 0.354 e. The number of hydrogen-bond donors (Lipinski definition) is 1. The molecule has 1 atom stereocenters. The van der Waals surface area contributed by atoms with Crippen LogP contribution in [0.15, 0.2) is 24.3 Å². The average molecular weight is 237 g/mol. The molecule has 0 bridgehead atoms. The third kappa shape index (κ3) is 4.46. The molecule has 0 radical (unpaired) electrons. The van der Waals surface area contributed by atoms with Gasteiger partial charge in [0.05, 0.1) is 6.04 Å². The zero-order valence-electron chi connectivity index (χ0n) is 11.2. The van der Waals surface area contributed by atoms with Gasteiger partial charge in [-0.2, -0.15) is 0 Å². The Bertz CT molecular complexity index is 307. The van der Waals surface area contributed by atoms with Gasteiger partial charge >= 0.3 is 0 Å². The summed E-state index contributed by atoms with van der Waals surface area (Å²) >= 11 is 0. The van der Waals surface area contributed by atoms with Crippen molar-refractivity contribution in [2.75, 3.05) is 20.8 Å². The smallest absolute Gasteiger partial charge is 0.172 e. The first kappa shape index (κ1) is 14.2. The highest BCUT2D eigenvalue weighted by Gasteiger charge is 2.19. The minimum absolute atomic E-state index is 0.178. The van der Waals surface area contributed by atoms with Gasteiger partial charge in [-0.1, -0.05) is 36.8 Å². The molecule has 1 unspecified atom stereocenters. The summed E-state index contributed by atoms with van der Waals surface area (Å²) in [7, 11) is 3.35. The van der Waals surface area contributed by atoms with Gasteiger partial charge in [0.1, 0.15) is 0 Å². The van der Waals surface area contributed by atoms with Crippen molar-refractivity contribution in [2.24, 2.45) is 0 Å². The Labute approximate surface area is 104 Å². The molecule has 0 spiro atoms. The fraction of sp³-hybridized carbons (Fsp3) is 0.571. The zero-order chi connectivity index (χ0) is 12.7. The number of nitrogens with one attached hydrogen (secondary N) is 1. The summed E-state index contributed by atoms with van der Waals surface area (Å²) < 4.78 is 10.7. The fourth-order valence-corrected chi connectivity index (χ4v) is 1.93. The molecule has 0 aromatic heterocycles. The summed E-state index contributed by atoms with van der Waals surface area (Å²) in [6.07, 6.45) is 0.691. The van der Waals surface area contributed by atoms with E-state index in [0.29, 0.717) is 0 Å². The first-order valence-corrected chi connectivity index (χ1v) is 6.05. The van der Waals surface area contributed by atoms with Crippen LogP contribution in [0.25, 0.3) is 0 Å². The lowest BCUT2D eigenvalue weighted by atomic mass is 10.0. The summed E-state index contributed by atoms with van der Waals surface area (Å²) in [5.41, 5.74) is 2.57. The highest BCUT2D eigenvalue weighted by atomic mass is 16.7. The monoisotopic (exact) mass is 237 g/mol. The Morgan fingerprint density at radius 1 is 1.12 bits per heavy atom. The van der Waals surface area contributed by atoms with Crippen molar-refractivity contribution < 1.29 is 9.47 Å². The Morgan fingerprint density at radius 3 is 2.18 bits per heavy atom. The standard InChI is InChI=1S/C14H23NO2/c1-5-15-13(14(16-3)17-4)10-12-8-6-11(2)7-9-12/h6-9,13-15H,5,10H2,1-4H3. The van der Waals surface area contributed by atoms with Crippen LogP contribution < -0.4 is 5.32 Å². The van der Waals surface area contributed by atoms with Gasteiger partial charge in [0.25, 0.3) is 0 Å². The number of rotatable bonds is 7. The van der Waals surface area contributed by atoms with Gasteiger partial charge in [-0.05, 0) is 25.5 Å². The topological polar surface area (TPSA) is 30.5 Å². The van der Waals surface area contributed by atoms with E-state index in [1.165, 1.54) is 11.1 Å². The molecule has 1 aromatic rings. The summed E-state index contributed by atoms with van der Waals surface area (Å²) in [6.45, 7) is 5.09. The SMILES string of the molecule is CCNC(Cc1ccc(C)cc1)C(OC)OC. The number of benzene rings is 1. The van der Waals surface area contributed by atoms with Crippen LogP contribution in [0.5, 0.6) is 0 Å². The molecule has 1 rings (SSSR count). The Morgan fingerprint density at radius 2 is 1.71 bits per heavy atom. The maximum absolute atomic E-state index is 5.33. The average Bonchev–Trinajstić information content (AvgIpc) is 2.34. The van der Waals surface area contributed by atoms with Gasteiger partial charge < -0.3 is 14.8 Å². The second kappa shape index (κ2) is 7.43. The second-order valence-corrected chi connectivity index (χ2v) is 4.19.